The molecule has 0 bridgehead atoms. The number of aromatic nitrogens is 1. The molecule has 0 fully saturated rings. The van der Waals surface area contributed by atoms with Crippen molar-refractivity contribution in [3.8, 4) is 11.5 Å². The van der Waals surface area contributed by atoms with Gasteiger partial charge in [0.05, 0.1) is 12.7 Å². The Bertz CT molecular complexity index is 835. The zero-order valence-electron chi connectivity index (χ0n) is 13.7. The van der Waals surface area contributed by atoms with Crippen molar-refractivity contribution in [3.05, 3.63) is 54.6 Å². The van der Waals surface area contributed by atoms with Crippen LogP contribution in [0.5, 0.6) is 11.5 Å². The quantitative estimate of drug-likeness (QED) is 0.845. The summed E-state index contributed by atoms with van der Waals surface area (Å²) in [5, 5.41) is 2.71. The van der Waals surface area contributed by atoms with Gasteiger partial charge in [-0.1, -0.05) is 18.2 Å². The van der Waals surface area contributed by atoms with Gasteiger partial charge < -0.3 is 14.8 Å². The third kappa shape index (κ3) is 3.30. The largest absolute Gasteiger partial charge is 0.496 e. The summed E-state index contributed by atoms with van der Waals surface area (Å²) in [6.07, 6.45) is 1.61. The Kier molecular flexibility index (Phi) is 4.65. The lowest BCUT2D eigenvalue weighted by molar-refractivity contribution is -0.121. The molecule has 7 nitrogen and oxygen atoms in total. The van der Waals surface area contributed by atoms with Gasteiger partial charge in [0.2, 0.25) is 0 Å². The van der Waals surface area contributed by atoms with Crippen molar-refractivity contribution >= 4 is 23.5 Å². The molecule has 1 aliphatic rings. The van der Waals surface area contributed by atoms with Crippen LogP contribution in [0.15, 0.2) is 49.1 Å². The normalized spacial score (nSPS) is 12.8. The lowest BCUT2D eigenvalue weighted by Gasteiger charge is -2.27. The second kappa shape index (κ2) is 7.04. The average Bonchev–Trinajstić information content (AvgIpc) is 2.64. The molecule has 0 spiro atoms. The van der Waals surface area contributed by atoms with E-state index in [1.54, 1.807) is 42.5 Å². The van der Waals surface area contributed by atoms with Crippen LogP contribution < -0.4 is 19.7 Å². The molecule has 2 aromatic rings. The van der Waals surface area contributed by atoms with Crippen LogP contribution in [-0.2, 0) is 4.79 Å². The van der Waals surface area contributed by atoms with E-state index in [0.29, 0.717) is 35.2 Å². The van der Waals surface area contributed by atoms with Crippen LogP contribution >= 0.6 is 0 Å². The highest BCUT2D eigenvalue weighted by Gasteiger charge is 2.26. The molecule has 25 heavy (non-hydrogen) atoms. The van der Waals surface area contributed by atoms with Gasteiger partial charge in [0.15, 0.2) is 18.2 Å². The molecule has 128 valence electrons. The minimum absolute atomic E-state index is 0.0462. The minimum Gasteiger partial charge on any atom is -0.496 e. The first kappa shape index (κ1) is 16.5. The Labute approximate surface area is 144 Å². The number of carbonyl (C=O) groups excluding carboxylic acids is 2. The van der Waals surface area contributed by atoms with Crippen molar-refractivity contribution in [2.75, 3.05) is 30.5 Å². The number of hydrogen-bond acceptors (Lipinski definition) is 5. The number of benzene rings is 1. The number of methoxy groups -OCH3 is 1. The Hall–Kier alpha value is -3.35. The van der Waals surface area contributed by atoms with Crippen molar-refractivity contribution in [3.63, 3.8) is 0 Å². The second-order valence-corrected chi connectivity index (χ2v) is 5.25. The van der Waals surface area contributed by atoms with Gasteiger partial charge in [0.1, 0.15) is 11.6 Å². The maximum absolute atomic E-state index is 12.5. The predicted octanol–water partition coefficient (Wildman–Crippen LogP) is 2.25. The minimum atomic E-state index is -0.358. The van der Waals surface area contributed by atoms with Crippen molar-refractivity contribution in [2.45, 2.75) is 0 Å². The fourth-order valence-electron chi connectivity index (χ4n) is 2.48. The molecule has 0 aliphatic carbocycles. The summed E-state index contributed by atoms with van der Waals surface area (Å²) in [4.78, 5) is 30.3. The molecule has 0 unspecified atom stereocenters. The van der Waals surface area contributed by atoms with Gasteiger partial charge in [-0.05, 0) is 24.3 Å². The highest BCUT2D eigenvalue weighted by Crippen LogP contribution is 2.31. The molecule has 7 heteroatoms. The van der Waals surface area contributed by atoms with Crippen molar-refractivity contribution in [1.29, 1.82) is 0 Å². The summed E-state index contributed by atoms with van der Waals surface area (Å²) >= 11 is 0. The molecule has 1 aliphatic heterocycles. The monoisotopic (exact) mass is 339 g/mol. The van der Waals surface area contributed by atoms with Crippen LogP contribution in [0.3, 0.4) is 0 Å². The maximum atomic E-state index is 12.5. The molecule has 2 heterocycles. The van der Waals surface area contributed by atoms with Crippen molar-refractivity contribution < 1.29 is 19.1 Å². The number of rotatable bonds is 5. The van der Waals surface area contributed by atoms with Gasteiger partial charge in [-0.2, -0.15) is 0 Å². The smallest absolute Gasteiger partial charge is 0.266 e. The van der Waals surface area contributed by atoms with E-state index in [0.717, 1.165) is 0 Å². The van der Waals surface area contributed by atoms with Gasteiger partial charge in [-0.3, -0.25) is 14.5 Å². The fraction of sp³-hybridized carbons (Fsp3) is 0.167. The Morgan fingerprint density at radius 3 is 2.96 bits per heavy atom. The summed E-state index contributed by atoms with van der Waals surface area (Å²) in [6.45, 7) is 3.91. The maximum Gasteiger partial charge on any atom is 0.266 e. The number of ether oxygens (including phenoxy) is 2. The third-order valence-electron chi connectivity index (χ3n) is 3.65. The molecular weight excluding hydrogens is 322 g/mol. The number of hydrogen-bond donors (Lipinski definition) is 1. The molecule has 1 aromatic heterocycles. The first-order valence-corrected chi connectivity index (χ1v) is 7.63. The Morgan fingerprint density at radius 2 is 2.20 bits per heavy atom. The third-order valence-corrected chi connectivity index (χ3v) is 3.65. The molecule has 0 atom stereocenters. The molecular formula is C18H17N3O4. The fourth-order valence-corrected chi connectivity index (χ4v) is 2.48. The number of anilines is 2. The first-order valence-electron chi connectivity index (χ1n) is 7.63. The van der Waals surface area contributed by atoms with E-state index in [4.69, 9.17) is 9.47 Å². The first-order chi connectivity index (χ1) is 12.1. The van der Waals surface area contributed by atoms with E-state index in [-0.39, 0.29) is 18.4 Å². The van der Waals surface area contributed by atoms with Gasteiger partial charge in [-0.25, -0.2) is 4.98 Å². The highest BCUT2D eigenvalue weighted by molar-refractivity contribution is 6.06. The van der Waals surface area contributed by atoms with E-state index in [2.05, 4.69) is 16.9 Å². The van der Waals surface area contributed by atoms with E-state index in [1.807, 2.05) is 0 Å². The lowest BCUT2D eigenvalue weighted by atomic mass is 10.2. The molecule has 0 saturated heterocycles. The average molecular weight is 339 g/mol. The van der Waals surface area contributed by atoms with Crippen LogP contribution in [-0.4, -0.2) is 37.1 Å². The summed E-state index contributed by atoms with van der Waals surface area (Å²) in [5.74, 6) is 1.04. The number of nitrogens with zero attached hydrogens (tertiary/aromatic N) is 2. The van der Waals surface area contributed by atoms with Gasteiger partial charge >= 0.3 is 0 Å². The van der Waals surface area contributed by atoms with E-state index >= 15 is 0 Å². The van der Waals surface area contributed by atoms with Crippen molar-refractivity contribution in [2.24, 2.45) is 0 Å². The summed E-state index contributed by atoms with van der Waals surface area (Å²) < 4.78 is 10.6. The van der Waals surface area contributed by atoms with Gasteiger partial charge in [0, 0.05) is 6.54 Å². The summed E-state index contributed by atoms with van der Waals surface area (Å²) in [6, 6.07) is 10.2. The number of nitrogens with one attached hydrogen (secondary N) is 1. The highest BCUT2D eigenvalue weighted by atomic mass is 16.5. The number of carbonyl (C=O) groups is 2. The number of fused-ring (bicyclic) bond motifs is 1. The van der Waals surface area contributed by atoms with Gasteiger partial charge in [0.25, 0.3) is 11.8 Å². The molecule has 2 amide bonds. The van der Waals surface area contributed by atoms with Crippen LogP contribution in [0, 0.1) is 0 Å². The van der Waals surface area contributed by atoms with E-state index in [9.17, 15) is 9.59 Å². The summed E-state index contributed by atoms with van der Waals surface area (Å²) in [7, 11) is 1.50. The SMILES string of the molecule is C=CCN1C(=O)COc2ccc(NC(=O)c3ccccc3OC)nc21. The molecule has 0 saturated carbocycles. The number of amides is 2. The van der Waals surface area contributed by atoms with Crippen molar-refractivity contribution in [1.82, 2.24) is 4.98 Å². The topological polar surface area (TPSA) is 80.8 Å². The Balaban J connectivity index is 1.88. The second-order valence-electron chi connectivity index (χ2n) is 5.25. The van der Waals surface area contributed by atoms with E-state index < -0.39 is 0 Å². The Morgan fingerprint density at radius 1 is 1.40 bits per heavy atom. The predicted molar refractivity (Wildman–Crippen MR) is 93.2 cm³/mol. The zero-order valence-corrected chi connectivity index (χ0v) is 13.7. The summed E-state index contributed by atoms with van der Waals surface area (Å²) in [5.41, 5.74) is 0.389. The molecule has 0 radical (unpaired) electrons. The van der Waals surface area contributed by atoms with Crippen LogP contribution in [0.2, 0.25) is 0 Å². The number of para-hydroxylation sites is 1. The molecule has 1 aromatic carbocycles. The molecule has 3 rings (SSSR count). The van der Waals surface area contributed by atoms with Crippen LogP contribution in [0.25, 0.3) is 0 Å². The van der Waals surface area contributed by atoms with Crippen LogP contribution in [0.4, 0.5) is 11.6 Å². The van der Waals surface area contributed by atoms with Gasteiger partial charge in [-0.15, -0.1) is 6.58 Å². The molecule has 1 N–H and O–H groups in total. The number of pyridine rings is 1. The van der Waals surface area contributed by atoms with E-state index in [1.165, 1.54) is 12.0 Å². The standard InChI is InChI=1S/C18H17N3O4/c1-3-10-21-16(22)11-25-14-8-9-15(19-17(14)21)20-18(23)12-6-4-5-7-13(12)24-2/h3-9H,1,10-11H2,2H3,(H,19,20,23). The zero-order chi connectivity index (χ0) is 17.8. The van der Waals surface area contributed by atoms with Crippen LogP contribution in [0.1, 0.15) is 10.4 Å². The lowest BCUT2D eigenvalue weighted by Crippen LogP contribution is -2.39.